The zero-order chi connectivity index (χ0) is 25.5. The molecular weight excluding hydrogens is 554 g/mol. The van der Waals surface area contributed by atoms with Crippen molar-refractivity contribution in [3.8, 4) is 0 Å². The number of nitrogens with two attached hydrogens (primary N) is 1. The normalized spacial score (nSPS) is 24.5. The SMILES string of the molecule is [Li+].[Li+].[Li+].[N-]=[N+]=Nc1nc2c(N)ncnc2n1[C@@H]1O[C@H](COP(=O)([O-])OP(=O)([O-])OP(=O)([O-])[O-])[C@H](O)C1O. The Morgan fingerprint density at radius 1 is 1.11 bits per heavy atom. The van der Waals surface area contributed by atoms with Crippen LogP contribution in [0, 0.1) is 0 Å². The molecule has 3 rings (SSSR count). The zero-order valence-electron chi connectivity index (χ0n) is 19.0. The van der Waals surface area contributed by atoms with Crippen LogP contribution in [0.1, 0.15) is 6.23 Å². The fourth-order valence-corrected chi connectivity index (χ4v) is 5.65. The molecule has 3 unspecified atom stereocenters. The van der Waals surface area contributed by atoms with Gasteiger partial charge in [0.2, 0.25) is 5.95 Å². The molecule has 1 aliphatic heterocycles. The predicted molar refractivity (Wildman–Crippen MR) is 95.4 cm³/mol. The van der Waals surface area contributed by atoms with Gasteiger partial charge in [-0.05, 0) is 10.6 Å². The van der Waals surface area contributed by atoms with Crippen molar-refractivity contribution in [2.75, 3.05) is 12.3 Å². The standard InChI is InChI=1S/C10H15N8O13P3.3Li/c11-7-4-8(14-2-13-7)18(10(15-4)16-17-12)9-6(20)5(19)3(29-9)1-28-33(24,25)31-34(26,27)30-32(21,22)23;;;/h2-3,5-6,9,19-20H,1H2,(H,24,25)(H,26,27)(H2,11,13,14)(H2,21,22,23);;;/q;3*+1/p-4/t3-,5+,6?,9-;;;/m1.../s1. The van der Waals surface area contributed by atoms with E-state index in [0.717, 1.165) is 10.9 Å². The fourth-order valence-electron chi connectivity index (χ4n) is 2.79. The van der Waals surface area contributed by atoms with Crippen LogP contribution in [0.3, 0.4) is 0 Å². The van der Waals surface area contributed by atoms with Gasteiger partial charge in [-0.1, -0.05) is 0 Å². The number of nitrogen functional groups attached to an aromatic ring is 1. The summed E-state index contributed by atoms with van der Waals surface area (Å²) in [6, 6.07) is 0. The van der Waals surface area contributed by atoms with Crippen LogP contribution in [-0.4, -0.2) is 54.7 Å². The minimum Gasteiger partial charge on any atom is -0.790 e. The molecule has 0 aliphatic carbocycles. The molecule has 2 aromatic rings. The third-order valence-electron chi connectivity index (χ3n) is 4.01. The first-order valence-corrected chi connectivity index (χ1v) is 12.8. The van der Waals surface area contributed by atoms with Gasteiger partial charge in [-0.2, -0.15) is 0 Å². The zero-order valence-corrected chi connectivity index (χ0v) is 21.7. The van der Waals surface area contributed by atoms with Gasteiger partial charge in [0.1, 0.15) is 24.6 Å². The van der Waals surface area contributed by atoms with E-state index in [1.54, 1.807) is 0 Å². The van der Waals surface area contributed by atoms with E-state index in [2.05, 4.69) is 38.1 Å². The molecule has 37 heavy (non-hydrogen) atoms. The molecular formula is C10H11Li3N8O13P3-. The van der Waals surface area contributed by atoms with Crippen LogP contribution in [0.15, 0.2) is 11.4 Å². The van der Waals surface area contributed by atoms with Crippen LogP contribution >= 0.6 is 23.5 Å². The van der Waals surface area contributed by atoms with Crippen molar-refractivity contribution in [3.63, 3.8) is 0 Å². The first-order chi connectivity index (χ1) is 15.6. The van der Waals surface area contributed by atoms with Gasteiger partial charge in [-0.15, -0.1) is 0 Å². The van der Waals surface area contributed by atoms with E-state index in [0.29, 0.717) is 0 Å². The number of hydrogen-bond acceptors (Lipinski definition) is 18. The van der Waals surface area contributed by atoms with E-state index in [-0.39, 0.29) is 73.6 Å². The van der Waals surface area contributed by atoms with Gasteiger partial charge in [0.05, 0.1) is 14.4 Å². The molecule has 0 radical (unpaired) electrons. The molecule has 2 aromatic heterocycles. The van der Waals surface area contributed by atoms with E-state index in [1.165, 1.54) is 0 Å². The molecule has 1 fully saturated rings. The number of anilines is 1. The van der Waals surface area contributed by atoms with Gasteiger partial charge in [0.25, 0.3) is 15.6 Å². The summed E-state index contributed by atoms with van der Waals surface area (Å²) in [4.78, 5) is 57.6. The number of ether oxygens (including phenoxy) is 1. The number of phosphoric ester groups is 1. The number of rotatable bonds is 9. The van der Waals surface area contributed by atoms with Crippen molar-refractivity contribution in [1.29, 1.82) is 0 Å². The summed E-state index contributed by atoms with van der Waals surface area (Å²) in [6.07, 6.45) is -5.98. The minimum atomic E-state index is -6.20. The number of phosphoric acid groups is 3. The van der Waals surface area contributed by atoms with Crippen molar-refractivity contribution in [2.24, 2.45) is 5.11 Å². The summed E-state index contributed by atoms with van der Waals surface area (Å²) < 4.78 is 50.1. The topological polar surface area (TPSA) is 339 Å². The summed E-state index contributed by atoms with van der Waals surface area (Å²) in [5, 5.41) is 23.9. The molecule has 0 bridgehead atoms. The minimum absolute atomic E-state index is 0. The number of nitrogens with zero attached hydrogens (tertiary/aromatic N) is 7. The number of azide groups is 1. The molecule has 6 atom stereocenters. The van der Waals surface area contributed by atoms with Crippen LogP contribution in [0.5, 0.6) is 0 Å². The van der Waals surface area contributed by atoms with Gasteiger partial charge in [0, 0.05) is 4.91 Å². The summed E-state index contributed by atoms with van der Waals surface area (Å²) >= 11 is 0. The Morgan fingerprint density at radius 2 is 1.73 bits per heavy atom. The maximum Gasteiger partial charge on any atom is 1.00 e. The van der Waals surface area contributed by atoms with E-state index in [9.17, 15) is 43.5 Å². The fraction of sp³-hybridized carbons (Fsp3) is 0.500. The van der Waals surface area contributed by atoms with Crippen molar-refractivity contribution < 1.29 is 118 Å². The molecule has 0 amide bonds. The first-order valence-electron chi connectivity index (χ1n) is 8.40. The number of aliphatic hydroxyl groups excluding tert-OH is 2. The van der Waals surface area contributed by atoms with Crippen LogP contribution < -0.4 is 81.9 Å². The third-order valence-corrected chi connectivity index (χ3v) is 7.67. The van der Waals surface area contributed by atoms with Gasteiger partial charge in [-0.25, -0.2) is 19.3 Å². The van der Waals surface area contributed by atoms with Gasteiger partial charge >= 0.3 is 56.6 Å². The number of hydrogen-bond donors (Lipinski definition) is 3. The Balaban J connectivity index is 0.00000432. The number of aromatic nitrogens is 4. The molecule has 0 saturated carbocycles. The molecule has 0 spiro atoms. The number of aliphatic hydroxyl groups is 2. The number of imidazole rings is 1. The van der Waals surface area contributed by atoms with Crippen molar-refractivity contribution >= 4 is 46.4 Å². The summed E-state index contributed by atoms with van der Waals surface area (Å²) in [5.74, 6) is -0.565. The largest absolute Gasteiger partial charge is 1.00 e. The average Bonchev–Trinajstić information content (AvgIpc) is 3.16. The molecule has 0 aromatic carbocycles. The van der Waals surface area contributed by atoms with Crippen LogP contribution in [-0.2, 0) is 31.6 Å². The Hall–Kier alpha value is -0.258. The summed E-state index contributed by atoms with van der Waals surface area (Å²) in [5.41, 5.74) is 14.3. The van der Waals surface area contributed by atoms with Gasteiger partial charge in [0.15, 0.2) is 23.2 Å². The Labute approximate surface area is 241 Å². The molecule has 188 valence electrons. The van der Waals surface area contributed by atoms with E-state index >= 15 is 0 Å². The molecule has 1 saturated heterocycles. The Kier molecular flexibility index (Phi) is 13.8. The average molecular weight is 565 g/mol. The number of fused-ring (bicyclic) bond motifs is 1. The molecule has 27 heteroatoms. The maximum absolute atomic E-state index is 11.7. The van der Waals surface area contributed by atoms with Crippen LogP contribution in [0.25, 0.3) is 21.6 Å². The predicted octanol–water partition coefficient (Wildman–Crippen LogP) is -12.2. The summed E-state index contributed by atoms with van der Waals surface area (Å²) in [7, 11) is -18.3. The molecule has 4 N–H and O–H groups in total. The quantitative estimate of drug-likeness (QED) is 0.0835. The van der Waals surface area contributed by atoms with E-state index in [4.69, 9.17) is 16.0 Å². The van der Waals surface area contributed by atoms with Crippen LogP contribution in [0.4, 0.5) is 11.8 Å². The van der Waals surface area contributed by atoms with E-state index in [1.807, 2.05) is 0 Å². The second-order valence-electron chi connectivity index (χ2n) is 6.25. The third kappa shape index (κ3) is 9.14. The van der Waals surface area contributed by atoms with Gasteiger partial charge in [-0.3, -0.25) is 18.0 Å². The first kappa shape index (κ1) is 36.7. The van der Waals surface area contributed by atoms with Crippen molar-refractivity contribution in [1.82, 2.24) is 19.5 Å². The second-order valence-corrected chi connectivity index (χ2v) is 10.5. The molecule has 21 nitrogen and oxygen atoms in total. The summed E-state index contributed by atoms with van der Waals surface area (Å²) in [6.45, 7) is -1.18. The molecule has 3 heterocycles. The monoisotopic (exact) mass is 565 g/mol. The van der Waals surface area contributed by atoms with Crippen LogP contribution in [0.2, 0.25) is 0 Å². The van der Waals surface area contributed by atoms with Crippen molar-refractivity contribution in [3.05, 3.63) is 16.8 Å². The maximum atomic E-state index is 11.7. The second kappa shape index (κ2) is 13.9. The Morgan fingerprint density at radius 3 is 2.30 bits per heavy atom. The molecule has 1 aliphatic rings. The van der Waals surface area contributed by atoms with Gasteiger partial charge < -0.3 is 49.3 Å². The van der Waals surface area contributed by atoms with E-state index < -0.39 is 60.6 Å². The Bertz CT molecular complexity index is 1290. The van der Waals surface area contributed by atoms with Crippen molar-refractivity contribution in [2.45, 2.75) is 24.5 Å². The smallest absolute Gasteiger partial charge is 0.790 e.